The maximum absolute atomic E-state index is 11.8. The van der Waals surface area contributed by atoms with Crippen LogP contribution in [0.4, 0.5) is 5.13 Å². The minimum absolute atomic E-state index is 0.0463. The number of hydrogen-bond acceptors (Lipinski definition) is 7. The van der Waals surface area contributed by atoms with Gasteiger partial charge in [0.2, 0.25) is 5.91 Å². The highest BCUT2D eigenvalue weighted by molar-refractivity contribution is 7.16. The number of esters is 1. The zero-order valence-electron chi connectivity index (χ0n) is 13.6. The number of anilines is 1. The normalized spacial score (nSPS) is 10.3. The molecular formula is C17H17N2O5S-. The number of amides is 1. The molecule has 0 saturated heterocycles. The molecule has 1 amide bonds. The van der Waals surface area contributed by atoms with E-state index in [0.29, 0.717) is 15.7 Å². The Labute approximate surface area is 148 Å². The fraction of sp³-hybridized carbons (Fsp3) is 0.294. The highest BCUT2D eigenvalue weighted by Gasteiger charge is 2.18. The van der Waals surface area contributed by atoms with Crippen LogP contribution in [0.2, 0.25) is 0 Å². The molecule has 0 aliphatic carbocycles. The summed E-state index contributed by atoms with van der Waals surface area (Å²) in [7, 11) is 0. The molecule has 0 aliphatic heterocycles. The summed E-state index contributed by atoms with van der Waals surface area (Å²) in [6, 6.07) is 9.27. The average molecular weight is 361 g/mol. The molecule has 0 spiro atoms. The van der Waals surface area contributed by atoms with Crippen LogP contribution in [-0.2, 0) is 25.5 Å². The molecule has 132 valence electrons. The molecular weight excluding hydrogens is 344 g/mol. The van der Waals surface area contributed by atoms with E-state index in [9.17, 15) is 19.5 Å². The van der Waals surface area contributed by atoms with Crippen LogP contribution in [0.5, 0.6) is 0 Å². The van der Waals surface area contributed by atoms with Crippen LogP contribution in [0, 0.1) is 0 Å². The Bertz CT molecular complexity index is 758. The van der Waals surface area contributed by atoms with Crippen molar-refractivity contribution in [1.82, 2.24) is 4.98 Å². The first kappa shape index (κ1) is 18.6. The Morgan fingerprint density at radius 1 is 1.20 bits per heavy atom. The number of nitrogens with zero attached hydrogens (tertiary/aromatic N) is 1. The van der Waals surface area contributed by atoms with Crippen LogP contribution in [-0.4, -0.2) is 29.4 Å². The largest absolute Gasteiger partial charge is 0.550 e. The number of thiazole rings is 1. The Hall–Kier alpha value is -2.74. The summed E-state index contributed by atoms with van der Waals surface area (Å²) in [5.74, 6) is -2.14. The fourth-order valence-corrected chi connectivity index (χ4v) is 3.07. The molecule has 0 atom stereocenters. The van der Waals surface area contributed by atoms with Crippen LogP contribution in [0.1, 0.15) is 24.6 Å². The van der Waals surface area contributed by atoms with Gasteiger partial charge in [0, 0.05) is 22.8 Å². The predicted molar refractivity (Wildman–Crippen MR) is 90.8 cm³/mol. The molecule has 0 unspecified atom stereocenters. The van der Waals surface area contributed by atoms with Gasteiger partial charge in [0.1, 0.15) is 0 Å². The van der Waals surface area contributed by atoms with Crippen molar-refractivity contribution >= 4 is 34.3 Å². The zero-order chi connectivity index (χ0) is 18.2. The number of benzene rings is 1. The number of aromatic nitrogens is 1. The lowest BCUT2D eigenvalue weighted by molar-refractivity contribution is -0.305. The fourth-order valence-electron chi connectivity index (χ4n) is 2.09. The van der Waals surface area contributed by atoms with E-state index >= 15 is 0 Å². The lowest BCUT2D eigenvalue weighted by atomic mass is 10.1. The second-order valence-electron chi connectivity index (χ2n) is 5.06. The van der Waals surface area contributed by atoms with E-state index in [4.69, 9.17) is 4.74 Å². The van der Waals surface area contributed by atoms with E-state index in [0.717, 1.165) is 16.9 Å². The number of carbonyl (C=O) groups excluding carboxylic acids is 3. The molecule has 0 saturated carbocycles. The van der Waals surface area contributed by atoms with Gasteiger partial charge in [-0.25, -0.2) is 4.98 Å². The smallest absolute Gasteiger partial charge is 0.311 e. The average Bonchev–Trinajstić information content (AvgIpc) is 2.96. The minimum atomic E-state index is -1.29. The van der Waals surface area contributed by atoms with Gasteiger partial charge in [0.15, 0.2) is 5.13 Å². The van der Waals surface area contributed by atoms with Crippen molar-refractivity contribution in [1.29, 1.82) is 0 Å². The second-order valence-corrected chi connectivity index (χ2v) is 6.14. The summed E-state index contributed by atoms with van der Waals surface area (Å²) in [4.78, 5) is 39.0. The van der Waals surface area contributed by atoms with Crippen LogP contribution in [0.3, 0.4) is 0 Å². The van der Waals surface area contributed by atoms with Gasteiger partial charge in [0.05, 0.1) is 18.7 Å². The third-order valence-electron chi connectivity index (χ3n) is 3.16. The van der Waals surface area contributed by atoms with Gasteiger partial charge in [-0.2, -0.15) is 0 Å². The van der Waals surface area contributed by atoms with E-state index in [1.165, 1.54) is 0 Å². The zero-order valence-corrected chi connectivity index (χ0v) is 14.4. The molecule has 1 aromatic heterocycles. The predicted octanol–water partition coefficient (Wildman–Crippen LogP) is 1.38. The van der Waals surface area contributed by atoms with Crippen LogP contribution < -0.4 is 10.4 Å². The van der Waals surface area contributed by atoms with Crippen molar-refractivity contribution in [2.45, 2.75) is 26.2 Å². The monoisotopic (exact) mass is 361 g/mol. The van der Waals surface area contributed by atoms with Crippen molar-refractivity contribution in [3.8, 4) is 11.3 Å². The molecule has 0 aliphatic rings. The summed E-state index contributed by atoms with van der Waals surface area (Å²) in [6.07, 6.45) is -0.515. The maximum Gasteiger partial charge on any atom is 0.311 e. The van der Waals surface area contributed by atoms with E-state index in [1.54, 1.807) is 6.92 Å². The number of carbonyl (C=O) groups is 3. The molecule has 0 radical (unpaired) electrons. The van der Waals surface area contributed by atoms with E-state index in [2.05, 4.69) is 10.3 Å². The van der Waals surface area contributed by atoms with Crippen molar-refractivity contribution in [2.24, 2.45) is 0 Å². The molecule has 0 bridgehead atoms. The first-order valence-electron chi connectivity index (χ1n) is 7.70. The summed E-state index contributed by atoms with van der Waals surface area (Å²) in [5.41, 5.74) is 1.40. The molecule has 1 N–H and O–H groups in total. The third kappa shape index (κ3) is 5.68. The lowest BCUT2D eigenvalue weighted by Crippen LogP contribution is -2.24. The Morgan fingerprint density at radius 2 is 1.92 bits per heavy atom. The first-order chi connectivity index (χ1) is 12.0. The first-order valence-corrected chi connectivity index (χ1v) is 8.51. The highest BCUT2D eigenvalue weighted by Crippen LogP contribution is 2.31. The molecule has 25 heavy (non-hydrogen) atoms. The molecule has 8 heteroatoms. The molecule has 1 heterocycles. The summed E-state index contributed by atoms with van der Waals surface area (Å²) in [6.45, 7) is 2.01. The lowest BCUT2D eigenvalue weighted by Gasteiger charge is -2.02. The quantitative estimate of drug-likeness (QED) is 0.712. The van der Waals surface area contributed by atoms with Crippen LogP contribution in [0.25, 0.3) is 11.3 Å². The molecule has 0 fully saturated rings. The van der Waals surface area contributed by atoms with Crippen molar-refractivity contribution in [2.75, 3.05) is 11.9 Å². The summed E-state index contributed by atoms with van der Waals surface area (Å²) < 4.78 is 4.97. The Morgan fingerprint density at radius 3 is 2.56 bits per heavy atom. The van der Waals surface area contributed by atoms with E-state index in [1.807, 2.05) is 30.3 Å². The van der Waals surface area contributed by atoms with Gasteiger partial charge in [-0.15, -0.1) is 11.3 Å². The van der Waals surface area contributed by atoms with Gasteiger partial charge in [-0.1, -0.05) is 30.3 Å². The number of carboxylic acid groups (broad SMARTS) is 1. The maximum atomic E-state index is 11.8. The Kier molecular flexibility index (Phi) is 6.64. The number of aliphatic carboxylic acids is 1. The van der Waals surface area contributed by atoms with Gasteiger partial charge < -0.3 is 20.0 Å². The van der Waals surface area contributed by atoms with Crippen LogP contribution in [0.15, 0.2) is 30.3 Å². The number of ether oxygens (including phenoxy) is 1. The molecule has 2 aromatic rings. The standard InChI is InChI=1S/C17H18N2O5S/c1-2-24-15(23)10-12-16(11-6-4-3-5-7-11)19-17(25-12)18-13(20)8-9-14(21)22/h3-7H,2,8-10H2,1H3,(H,21,22)(H,18,19,20)/p-1. The number of carboxylic acids is 1. The topological polar surface area (TPSA) is 108 Å². The van der Waals surface area contributed by atoms with Crippen molar-refractivity contribution < 1.29 is 24.2 Å². The highest BCUT2D eigenvalue weighted by atomic mass is 32.1. The second kappa shape index (κ2) is 8.93. The summed E-state index contributed by atoms with van der Waals surface area (Å²) >= 11 is 1.16. The number of hydrogen-bond donors (Lipinski definition) is 1. The SMILES string of the molecule is CCOC(=O)Cc1sc(NC(=O)CCC(=O)[O-])nc1-c1ccccc1. The number of nitrogens with one attached hydrogen (secondary N) is 1. The summed E-state index contributed by atoms with van der Waals surface area (Å²) in [5, 5.41) is 13.3. The minimum Gasteiger partial charge on any atom is -0.550 e. The van der Waals surface area contributed by atoms with E-state index < -0.39 is 11.9 Å². The van der Waals surface area contributed by atoms with Gasteiger partial charge >= 0.3 is 5.97 Å². The molecule has 7 nitrogen and oxygen atoms in total. The van der Waals surface area contributed by atoms with Crippen molar-refractivity contribution in [3.63, 3.8) is 0 Å². The third-order valence-corrected chi connectivity index (χ3v) is 4.13. The van der Waals surface area contributed by atoms with Crippen LogP contribution >= 0.6 is 11.3 Å². The van der Waals surface area contributed by atoms with Crippen molar-refractivity contribution in [3.05, 3.63) is 35.2 Å². The Balaban J connectivity index is 2.21. The van der Waals surface area contributed by atoms with Gasteiger partial charge in [0.25, 0.3) is 0 Å². The molecule has 1 aromatic carbocycles. The number of rotatable bonds is 8. The molecule has 2 rings (SSSR count). The van der Waals surface area contributed by atoms with E-state index in [-0.39, 0.29) is 31.8 Å². The van der Waals surface area contributed by atoms with Gasteiger partial charge in [-0.05, 0) is 13.3 Å². The van der Waals surface area contributed by atoms with Gasteiger partial charge in [-0.3, -0.25) is 9.59 Å².